The minimum atomic E-state index is -0.0103. The number of carbonyl (C=O) groups is 1. The van der Waals surface area contributed by atoms with Crippen molar-refractivity contribution in [2.75, 3.05) is 36.4 Å². The van der Waals surface area contributed by atoms with Crippen LogP contribution >= 0.6 is 0 Å². The van der Waals surface area contributed by atoms with Crippen LogP contribution in [0.1, 0.15) is 22.3 Å². The Balaban J connectivity index is 1.60. The summed E-state index contributed by atoms with van der Waals surface area (Å²) in [5.74, 6) is 0. The lowest BCUT2D eigenvalue weighted by Crippen LogP contribution is -2.50. The van der Waals surface area contributed by atoms with E-state index in [9.17, 15) is 4.79 Å². The Hall–Kier alpha value is -2.49. The number of amides is 2. The molecule has 1 aliphatic heterocycles. The number of piperazine rings is 1. The highest BCUT2D eigenvalue weighted by molar-refractivity contribution is 5.89. The lowest BCUT2D eigenvalue weighted by Gasteiger charge is -2.37. The van der Waals surface area contributed by atoms with Crippen LogP contribution in [0.25, 0.3) is 0 Å². The van der Waals surface area contributed by atoms with Crippen LogP contribution in [0.15, 0.2) is 36.4 Å². The highest BCUT2D eigenvalue weighted by atomic mass is 16.2. The maximum atomic E-state index is 12.5. The predicted octanol–water partition coefficient (Wildman–Crippen LogP) is 4.27. The van der Waals surface area contributed by atoms with Gasteiger partial charge in [0.25, 0.3) is 0 Å². The van der Waals surface area contributed by atoms with Crippen LogP contribution in [0.4, 0.5) is 16.2 Å². The molecule has 0 bridgehead atoms. The Labute approximate surface area is 150 Å². The zero-order chi connectivity index (χ0) is 18.0. The molecule has 1 saturated heterocycles. The van der Waals surface area contributed by atoms with Crippen molar-refractivity contribution in [1.82, 2.24) is 4.90 Å². The SMILES string of the molecule is Cc1ccc(C)c(N2CCN(C(=O)Nc3ccc(C)c(C)c3)CC2)c1. The first-order valence-corrected chi connectivity index (χ1v) is 8.89. The first-order valence-electron chi connectivity index (χ1n) is 8.89. The largest absolute Gasteiger partial charge is 0.368 e. The molecule has 25 heavy (non-hydrogen) atoms. The van der Waals surface area contributed by atoms with Gasteiger partial charge in [0.1, 0.15) is 0 Å². The summed E-state index contributed by atoms with van der Waals surface area (Å²) in [5.41, 5.74) is 7.14. The summed E-state index contributed by atoms with van der Waals surface area (Å²) in [5, 5.41) is 3.02. The van der Waals surface area contributed by atoms with Crippen molar-refractivity contribution in [2.45, 2.75) is 27.7 Å². The van der Waals surface area contributed by atoms with Gasteiger partial charge in [0.15, 0.2) is 0 Å². The van der Waals surface area contributed by atoms with Crippen LogP contribution < -0.4 is 10.2 Å². The standard InChI is InChI=1S/C21H27N3O/c1-15-5-6-17(3)20(13-15)23-9-11-24(12-10-23)21(25)22-19-8-7-16(2)18(4)14-19/h5-8,13-14H,9-12H2,1-4H3,(H,22,25). The third kappa shape index (κ3) is 3.95. The molecule has 4 nitrogen and oxygen atoms in total. The Bertz CT molecular complexity index is 777. The number of nitrogens with zero attached hydrogens (tertiary/aromatic N) is 2. The molecule has 2 aromatic rings. The van der Waals surface area contributed by atoms with Crippen LogP contribution in [0.5, 0.6) is 0 Å². The summed E-state index contributed by atoms with van der Waals surface area (Å²) in [6.07, 6.45) is 0. The van der Waals surface area contributed by atoms with E-state index in [0.29, 0.717) is 0 Å². The van der Waals surface area contributed by atoms with Crippen molar-refractivity contribution in [3.63, 3.8) is 0 Å². The number of urea groups is 1. The van der Waals surface area contributed by atoms with E-state index in [1.807, 2.05) is 23.1 Å². The predicted molar refractivity (Wildman–Crippen MR) is 105 cm³/mol. The summed E-state index contributed by atoms with van der Waals surface area (Å²) in [7, 11) is 0. The molecule has 1 N–H and O–H groups in total. The molecule has 3 rings (SSSR count). The second-order valence-electron chi connectivity index (χ2n) is 6.99. The third-order valence-electron chi connectivity index (χ3n) is 5.03. The molecule has 0 aliphatic carbocycles. The maximum Gasteiger partial charge on any atom is 0.321 e. The molecule has 4 heteroatoms. The highest BCUT2D eigenvalue weighted by Gasteiger charge is 2.22. The fraction of sp³-hybridized carbons (Fsp3) is 0.381. The fourth-order valence-corrected chi connectivity index (χ4v) is 3.23. The average molecular weight is 337 g/mol. The number of anilines is 2. The van der Waals surface area contributed by atoms with E-state index in [-0.39, 0.29) is 6.03 Å². The number of carbonyl (C=O) groups excluding carboxylic acids is 1. The van der Waals surface area contributed by atoms with Crippen LogP contribution in [0.3, 0.4) is 0 Å². The minimum absolute atomic E-state index is 0.0103. The second kappa shape index (κ2) is 7.18. The van der Waals surface area contributed by atoms with Crippen molar-refractivity contribution >= 4 is 17.4 Å². The normalized spacial score (nSPS) is 14.6. The topological polar surface area (TPSA) is 35.6 Å². The molecular formula is C21H27N3O. The first-order chi connectivity index (χ1) is 11.9. The molecule has 1 heterocycles. The van der Waals surface area contributed by atoms with Gasteiger partial charge in [-0.15, -0.1) is 0 Å². The smallest absolute Gasteiger partial charge is 0.321 e. The zero-order valence-corrected chi connectivity index (χ0v) is 15.6. The van der Waals surface area contributed by atoms with Crippen LogP contribution in [-0.2, 0) is 0 Å². The van der Waals surface area contributed by atoms with Crippen LogP contribution in [0.2, 0.25) is 0 Å². The summed E-state index contributed by atoms with van der Waals surface area (Å²) in [6.45, 7) is 11.6. The molecule has 132 valence electrons. The van der Waals surface area contributed by atoms with Crippen molar-refractivity contribution in [3.05, 3.63) is 58.7 Å². The van der Waals surface area contributed by atoms with Gasteiger partial charge in [-0.3, -0.25) is 0 Å². The van der Waals surface area contributed by atoms with Crippen LogP contribution in [-0.4, -0.2) is 37.1 Å². The highest BCUT2D eigenvalue weighted by Crippen LogP contribution is 2.23. The van der Waals surface area contributed by atoms with Crippen molar-refractivity contribution in [1.29, 1.82) is 0 Å². The summed E-state index contributed by atoms with van der Waals surface area (Å²) < 4.78 is 0. The Morgan fingerprint density at radius 1 is 0.840 bits per heavy atom. The van der Waals surface area contributed by atoms with Gasteiger partial charge in [0.2, 0.25) is 0 Å². The van der Waals surface area contributed by atoms with Gasteiger partial charge < -0.3 is 15.1 Å². The van der Waals surface area contributed by atoms with E-state index in [4.69, 9.17) is 0 Å². The van der Waals surface area contributed by atoms with Crippen molar-refractivity contribution in [3.8, 4) is 0 Å². The van der Waals surface area contributed by atoms with E-state index in [1.54, 1.807) is 0 Å². The van der Waals surface area contributed by atoms with E-state index in [2.05, 4.69) is 56.1 Å². The number of hydrogen-bond acceptors (Lipinski definition) is 2. The van der Waals surface area contributed by atoms with Gasteiger partial charge in [-0.25, -0.2) is 4.79 Å². The Kier molecular flexibility index (Phi) is 4.98. The molecule has 0 aromatic heterocycles. The maximum absolute atomic E-state index is 12.5. The van der Waals surface area contributed by atoms with Gasteiger partial charge in [-0.1, -0.05) is 18.2 Å². The lowest BCUT2D eigenvalue weighted by atomic mass is 10.1. The van der Waals surface area contributed by atoms with Crippen LogP contribution in [0, 0.1) is 27.7 Å². The lowest BCUT2D eigenvalue weighted by molar-refractivity contribution is 0.208. The Morgan fingerprint density at radius 2 is 1.52 bits per heavy atom. The molecule has 1 fully saturated rings. The molecule has 0 spiro atoms. The van der Waals surface area contributed by atoms with E-state index in [1.165, 1.54) is 27.9 Å². The number of hydrogen-bond donors (Lipinski definition) is 1. The molecule has 2 amide bonds. The van der Waals surface area contributed by atoms with Gasteiger partial charge in [0.05, 0.1) is 0 Å². The first kappa shape index (κ1) is 17.3. The van der Waals surface area contributed by atoms with Gasteiger partial charge >= 0.3 is 6.03 Å². The molecule has 0 radical (unpaired) electrons. The summed E-state index contributed by atoms with van der Waals surface area (Å²) >= 11 is 0. The van der Waals surface area contributed by atoms with E-state index in [0.717, 1.165) is 31.9 Å². The summed E-state index contributed by atoms with van der Waals surface area (Å²) in [6, 6.07) is 12.6. The Morgan fingerprint density at radius 3 is 2.20 bits per heavy atom. The van der Waals surface area contributed by atoms with Gasteiger partial charge in [0, 0.05) is 37.6 Å². The van der Waals surface area contributed by atoms with E-state index < -0.39 is 0 Å². The average Bonchev–Trinajstić information content (AvgIpc) is 2.60. The fourth-order valence-electron chi connectivity index (χ4n) is 3.23. The number of nitrogens with one attached hydrogen (secondary N) is 1. The monoisotopic (exact) mass is 337 g/mol. The number of aryl methyl sites for hydroxylation is 4. The molecule has 0 unspecified atom stereocenters. The molecule has 0 saturated carbocycles. The number of benzene rings is 2. The molecule has 1 aliphatic rings. The van der Waals surface area contributed by atoms with Crippen molar-refractivity contribution in [2.24, 2.45) is 0 Å². The molecule has 2 aromatic carbocycles. The number of rotatable bonds is 2. The van der Waals surface area contributed by atoms with Gasteiger partial charge in [-0.05, 0) is 68.1 Å². The zero-order valence-electron chi connectivity index (χ0n) is 15.6. The second-order valence-corrected chi connectivity index (χ2v) is 6.99. The summed E-state index contributed by atoms with van der Waals surface area (Å²) in [4.78, 5) is 16.8. The molecular weight excluding hydrogens is 310 g/mol. The van der Waals surface area contributed by atoms with E-state index >= 15 is 0 Å². The minimum Gasteiger partial charge on any atom is -0.368 e. The molecule has 0 atom stereocenters. The quantitative estimate of drug-likeness (QED) is 0.888. The third-order valence-corrected chi connectivity index (χ3v) is 5.03. The van der Waals surface area contributed by atoms with Gasteiger partial charge in [-0.2, -0.15) is 0 Å². The van der Waals surface area contributed by atoms with Crippen molar-refractivity contribution < 1.29 is 4.79 Å².